The van der Waals surface area contributed by atoms with Gasteiger partial charge in [-0.3, -0.25) is 5.10 Å². The van der Waals surface area contributed by atoms with Crippen LogP contribution in [-0.2, 0) is 0 Å². The zero-order chi connectivity index (χ0) is 17.5. The largest absolute Gasteiger partial charge is 0.494 e. The summed E-state index contributed by atoms with van der Waals surface area (Å²) < 4.78 is 24.8. The molecule has 7 heteroatoms. The molecule has 1 heterocycles. The minimum Gasteiger partial charge on any atom is -0.494 e. The second kappa shape index (κ2) is 8.53. The van der Waals surface area contributed by atoms with Crippen molar-refractivity contribution in [2.75, 3.05) is 19.0 Å². The summed E-state index contributed by atoms with van der Waals surface area (Å²) in [5, 5.41) is 7.42. The lowest BCUT2D eigenvalue weighted by Gasteiger charge is -2.06. The number of rotatable bonds is 8. The highest BCUT2D eigenvalue weighted by atomic mass is 32.2. The average Bonchev–Trinajstić information content (AvgIpc) is 3.09. The molecule has 130 valence electrons. The van der Waals surface area contributed by atoms with Crippen LogP contribution in [0.1, 0.15) is 6.92 Å². The van der Waals surface area contributed by atoms with E-state index in [0.717, 1.165) is 11.5 Å². The van der Waals surface area contributed by atoms with E-state index in [1.807, 2.05) is 31.2 Å². The number of aromatic nitrogens is 3. The van der Waals surface area contributed by atoms with E-state index in [1.165, 1.54) is 17.8 Å². The van der Waals surface area contributed by atoms with Crippen molar-refractivity contribution in [3.63, 3.8) is 0 Å². The van der Waals surface area contributed by atoms with Gasteiger partial charge >= 0.3 is 0 Å². The molecule has 0 radical (unpaired) electrons. The van der Waals surface area contributed by atoms with Gasteiger partial charge in [0.15, 0.2) is 5.82 Å². The summed E-state index contributed by atoms with van der Waals surface area (Å²) in [6.45, 7) is 3.10. The first-order chi connectivity index (χ1) is 12.3. The maximum absolute atomic E-state index is 13.7. The Morgan fingerprint density at radius 3 is 2.48 bits per heavy atom. The highest BCUT2D eigenvalue weighted by molar-refractivity contribution is 7.99. The van der Waals surface area contributed by atoms with Gasteiger partial charge in [0.25, 0.3) is 0 Å². The molecule has 0 amide bonds. The molecular formula is C18H18FN3O2S. The normalized spacial score (nSPS) is 10.6. The Morgan fingerprint density at radius 2 is 1.76 bits per heavy atom. The Balaban J connectivity index is 1.47. The van der Waals surface area contributed by atoms with Gasteiger partial charge in [-0.1, -0.05) is 23.9 Å². The predicted octanol–water partition coefficient (Wildman–Crippen LogP) is 4.18. The van der Waals surface area contributed by atoms with Gasteiger partial charge in [0, 0.05) is 5.75 Å². The molecule has 0 atom stereocenters. The van der Waals surface area contributed by atoms with Crippen LogP contribution in [-0.4, -0.2) is 34.1 Å². The summed E-state index contributed by atoms with van der Waals surface area (Å²) in [6, 6.07) is 14.0. The van der Waals surface area contributed by atoms with E-state index in [-0.39, 0.29) is 5.82 Å². The SMILES string of the molecule is CCOc1ccc(OCCSc2n[nH]c(-c3ccccc3F)n2)cc1. The van der Waals surface area contributed by atoms with Gasteiger partial charge in [0.05, 0.1) is 18.8 Å². The fourth-order valence-corrected chi connectivity index (χ4v) is 2.79. The fraction of sp³-hybridized carbons (Fsp3) is 0.222. The number of H-pyrrole nitrogens is 1. The van der Waals surface area contributed by atoms with Crippen LogP contribution < -0.4 is 9.47 Å². The minimum absolute atomic E-state index is 0.325. The van der Waals surface area contributed by atoms with Crippen LogP contribution in [0.2, 0.25) is 0 Å². The summed E-state index contributed by atoms with van der Waals surface area (Å²) in [5.74, 6) is 2.39. The van der Waals surface area contributed by atoms with Gasteiger partial charge < -0.3 is 9.47 Å². The van der Waals surface area contributed by atoms with Crippen molar-refractivity contribution < 1.29 is 13.9 Å². The Hall–Kier alpha value is -2.54. The quantitative estimate of drug-likeness (QED) is 0.483. The number of nitrogens with zero attached hydrogens (tertiary/aromatic N) is 2. The maximum atomic E-state index is 13.7. The number of nitrogens with one attached hydrogen (secondary N) is 1. The van der Waals surface area contributed by atoms with Crippen LogP contribution in [0.5, 0.6) is 11.5 Å². The van der Waals surface area contributed by atoms with E-state index < -0.39 is 0 Å². The molecule has 25 heavy (non-hydrogen) atoms. The third-order valence-electron chi connectivity index (χ3n) is 3.31. The summed E-state index contributed by atoms with van der Waals surface area (Å²) in [7, 11) is 0. The Kier molecular flexibility index (Phi) is 5.90. The Morgan fingerprint density at radius 1 is 1.04 bits per heavy atom. The molecule has 0 saturated carbocycles. The lowest BCUT2D eigenvalue weighted by atomic mass is 10.2. The molecule has 5 nitrogen and oxygen atoms in total. The topological polar surface area (TPSA) is 60.0 Å². The molecule has 0 spiro atoms. The monoisotopic (exact) mass is 359 g/mol. The van der Waals surface area contributed by atoms with Crippen LogP contribution in [0, 0.1) is 5.82 Å². The van der Waals surface area contributed by atoms with E-state index in [1.54, 1.807) is 18.2 Å². The number of ether oxygens (including phenoxy) is 2. The summed E-state index contributed by atoms with van der Waals surface area (Å²) >= 11 is 1.45. The molecule has 0 unspecified atom stereocenters. The van der Waals surface area contributed by atoms with E-state index in [4.69, 9.17) is 9.47 Å². The number of benzene rings is 2. The van der Waals surface area contributed by atoms with Gasteiger partial charge in [0.2, 0.25) is 5.16 Å². The highest BCUT2D eigenvalue weighted by Crippen LogP contribution is 2.22. The van der Waals surface area contributed by atoms with Crippen molar-refractivity contribution in [3.8, 4) is 22.9 Å². The maximum Gasteiger partial charge on any atom is 0.208 e. The summed E-state index contributed by atoms with van der Waals surface area (Å²) in [6.07, 6.45) is 0. The number of halogens is 1. The molecule has 0 fully saturated rings. The van der Waals surface area contributed by atoms with Crippen LogP contribution in [0.3, 0.4) is 0 Å². The third kappa shape index (κ3) is 4.73. The molecule has 2 aromatic carbocycles. The van der Waals surface area contributed by atoms with Gasteiger partial charge in [-0.2, -0.15) is 0 Å². The van der Waals surface area contributed by atoms with Gasteiger partial charge in [-0.05, 0) is 43.3 Å². The summed E-state index contributed by atoms with van der Waals surface area (Å²) in [4.78, 5) is 4.30. The van der Waals surface area contributed by atoms with Crippen molar-refractivity contribution in [3.05, 3.63) is 54.3 Å². The standard InChI is InChI=1S/C18H18FN3O2S/c1-2-23-13-7-9-14(10-8-13)24-11-12-25-18-20-17(21-22-18)15-5-3-4-6-16(15)19/h3-10H,2,11-12H2,1H3,(H,20,21,22). The first-order valence-corrected chi connectivity index (χ1v) is 8.90. The van der Waals surface area contributed by atoms with Gasteiger partial charge in [0.1, 0.15) is 17.3 Å². The molecule has 0 aliphatic heterocycles. The van der Waals surface area contributed by atoms with Crippen molar-refractivity contribution in [2.24, 2.45) is 0 Å². The second-order valence-corrected chi connectivity index (χ2v) is 6.11. The van der Waals surface area contributed by atoms with Crippen molar-refractivity contribution in [1.82, 2.24) is 15.2 Å². The number of thioether (sulfide) groups is 1. The zero-order valence-corrected chi connectivity index (χ0v) is 14.6. The Labute approximate surface area is 149 Å². The minimum atomic E-state index is -0.325. The fourth-order valence-electron chi connectivity index (χ4n) is 2.18. The first-order valence-electron chi connectivity index (χ1n) is 7.92. The Bertz CT molecular complexity index is 808. The number of aromatic amines is 1. The number of hydrogen-bond donors (Lipinski definition) is 1. The van der Waals surface area contributed by atoms with Gasteiger partial charge in [-0.15, -0.1) is 5.10 Å². The van der Waals surface area contributed by atoms with E-state index in [9.17, 15) is 4.39 Å². The highest BCUT2D eigenvalue weighted by Gasteiger charge is 2.10. The van der Waals surface area contributed by atoms with Crippen LogP contribution in [0.4, 0.5) is 4.39 Å². The van der Waals surface area contributed by atoms with E-state index in [0.29, 0.717) is 35.5 Å². The first kappa shape index (κ1) is 17.3. The van der Waals surface area contributed by atoms with Crippen LogP contribution in [0.25, 0.3) is 11.4 Å². The molecule has 0 aliphatic carbocycles. The predicted molar refractivity (Wildman–Crippen MR) is 95.6 cm³/mol. The van der Waals surface area contributed by atoms with E-state index in [2.05, 4.69) is 15.2 Å². The van der Waals surface area contributed by atoms with Crippen molar-refractivity contribution >= 4 is 11.8 Å². The zero-order valence-electron chi connectivity index (χ0n) is 13.7. The lowest BCUT2D eigenvalue weighted by Crippen LogP contribution is -2.00. The average molecular weight is 359 g/mol. The van der Waals surface area contributed by atoms with Gasteiger partial charge in [-0.25, -0.2) is 9.37 Å². The van der Waals surface area contributed by atoms with E-state index >= 15 is 0 Å². The third-order valence-corrected chi connectivity index (χ3v) is 4.12. The lowest BCUT2D eigenvalue weighted by molar-refractivity contribution is 0.332. The smallest absolute Gasteiger partial charge is 0.208 e. The molecule has 0 bridgehead atoms. The molecule has 1 aromatic heterocycles. The molecule has 3 rings (SSSR count). The molecule has 0 aliphatic rings. The van der Waals surface area contributed by atoms with Crippen molar-refractivity contribution in [2.45, 2.75) is 12.1 Å². The molecule has 3 aromatic rings. The summed E-state index contributed by atoms with van der Waals surface area (Å²) in [5.41, 5.74) is 0.410. The number of hydrogen-bond acceptors (Lipinski definition) is 5. The molecule has 0 saturated heterocycles. The molecule has 1 N–H and O–H groups in total. The van der Waals surface area contributed by atoms with Crippen molar-refractivity contribution in [1.29, 1.82) is 0 Å². The molecular weight excluding hydrogens is 341 g/mol. The second-order valence-electron chi connectivity index (χ2n) is 5.05. The van der Waals surface area contributed by atoms with Crippen LogP contribution >= 0.6 is 11.8 Å². The van der Waals surface area contributed by atoms with Crippen LogP contribution in [0.15, 0.2) is 53.7 Å².